The van der Waals surface area contributed by atoms with Crippen molar-refractivity contribution >= 4 is 23.3 Å². The summed E-state index contributed by atoms with van der Waals surface area (Å²) in [5.74, 6) is -0.624. The van der Waals surface area contributed by atoms with Crippen molar-refractivity contribution in [3.05, 3.63) is 29.8 Å². The summed E-state index contributed by atoms with van der Waals surface area (Å²) in [7, 11) is 0. The Morgan fingerprint density at radius 1 is 1.14 bits per heavy atom. The maximum absolute atomic E-state index is 12.0. The summed E-state index contributed by atoms with van der Waals surface area (Å²) in [6.45, 7) is 1.54. The van der Waals surface area contributed by atoms with Gasteiger partial charge in [-0.3, -0.25) is 14.4 Å². The molecular formula is C17H21NO4. The van der Waals surface area contributed by atoms with Crippen LogP contribution in [0.15, 0.2) is 24.3 Å². The number of benzene rings is 1. The highest BCUT2D eigenvalue weighted by Gasteiger charge is 2.24. The number of nitrogens with one attached hydrogen (secondary N) is 1. The number of hydrogen-bond donors (Lipinski definition) is 1. The van der Waals surface area contributed by atoms with Crippen LogP contribution < -0.4 is 5.32 Å². The third kappa shape index (κ3) is 4.41. The van der Waals surface area contributed by atoms with Crippen molar-refractivity contribution in [2.45, 2.75) is 39.0 Å². The summed E-state index contributed by atoms with van der Waals surface area (Å²) in [5, 5.41) is 2.71. The van der Waals surface area contributed by atoms with E-state index in [1.165, 1.54) is 0 Å². The fourth-order valence-electron chi connectivity index (χ4n) is 2.49. The van der Waals surface area contributed by atoms with Crippen LogP contribution in [0.25, 0.3) is 0 Å². The first-order valence-electron chi connectivity index (χ1n) is 7.70. The number of carbonyl (C=O) groups is 3. The van der Waals surface area contributed by atoms with E-state index < -0.39 is 0 Å². The predicted octanol–water partition coefficient (Wildman–Crippen LogP) is 2.95. The zero-order valence-corrected chi connectivity index (χ0v) is 12.8. The molecule has 1 N–H and O–H groups in total. The van der Waals surface area contributed by atoms with Gasteiger partial charge in [-0.1, -0.05) is 19.8 Å². The Hall–Kier alpha value is -2.17. The fourth-order valence-corrected chi connectivity index (χ4v) is 2.49. The smallest absolute Gasteiger partial charge is 0.309 e. The van der Waals surface area contributed by atoms with Crippen LogP contribution in [-0.4, -0.2) is 24.3 Å². The van der Waals surface area contributed by atoms with Gasteiger partial charge in [0.15, 0.2) is 12.4 Å². The van der Waals surface area contributed by atoms with Gasteiger partial charge in [0, 0.05) is 17.7 Å². The average molecular weight is 303 g/mol. The normalized spacial score (nSPS) is 14.6. The Morgan fingerprint density at radius 3 is 2.36 bits per heavy atom. The van der Waals surface area contributed by atoms with Crippen LogP contribution in [0, 0.1) is 5.92 Å². The first kappa shape index (κ1) is 16.2. The van der Waals surface area contributed by atoms with Crippen LogP contribution in [0.4, 0.5) is 5.69 Å². The Labute approximate surface area is 130 Å². The van der Waals surface area contributed by atoms with E-state index in [9.17, 15) is 14.4 Å². The maximum Gasteiger partial charge on any atom is 0.309 e. The van der Waals surface area contributed by atoms with Gasteiger partial charge in [0.25, 0.3) is 0 Å². The predicted molar refractivity (Wildman–Crippen MR) is 82.6 cm³/mol. The minimum atomic E-state index is -0.266. The molecule has 0 unspecified atom stereocenters. The minimum absolute atomic E-state index is 0.0422. The van der Waals surface area contributed by atoms with Gasteiger partial charge in [-0.15, -0.1) is 0 Å². The molecule has 1 aromatic carbocycles. The first-order valence-corrected chi connectivity index (χ1v) is 7.70. The van der Waals surface area contributed by atoms with E-state index in [1.54, 1.807) is 31.2 Å². The largest absolute Gasteiger partial charge is 0.457 e. The van der Waals surface area contributed by atoms with Crippen LogP contribution in [0.1, 0.15) is 49.4 Å². The number of ketones is 1. The lowest BCUT2D eigenvalue weighted by Crippen LogP contribution is -2.19. The summed E-state index contributed by atoms with van der Waals surface area (Å²) in [5.41, 5.74) is 1.11. The number of carbonyl (C=O) groups excluding carboxylic acids is 3. The molecular weight excluding hydrogens is 282 g/mol. The minimum Gasteiger partial charge on any atom is -0.457 e. The number of Topliss-reactive ketones (excluding diaryl/α,β-unsaturated/α-hetero) is 1. The second-order valence-corrected chi connectivity index (χ2v) is 5.49. The highest BCUT2D eigenvalue weighted by molar-refractivity contribution is 5.98. The van der Waals surface area contributed by atoms with E-state index in [4.69, 9.17) is 4.74 Å². The van der Waals surface area contributed by atoms with Crippen molar-refractivity contribution in [2.24, 2.45) is 5.92 Å². The van der Waals surface area contributed by atoms with E-state index in [0.717, 1.165) is 25.7 Å². The number of esters is 1. The summed E-state index contributed by atoms with van der Waals surface area (Å²) in [6, 6.07) is 6.58. The zero-order chi connectivity index (χ0) is 15.9. The summed E-state index contributed by atoms with van der Waals surface area (Å²) in [4.78, 5) is 35.0. The molecule has 1 saturated carbocycles. The number of hydrogen-bond acceptors (Lipinski definition) is 4. The van der Waals surface area contributed by atoms with E-state index in [1.807, 2.05) is 0 Å². The van der Waals surface area contributed by atoms with Crippen molar-refractivity contribution in [2.75, 3.05) is 11.9 Å². The first-order chi connectivity index (χ1) is 10.6. The molecule has 0 aromatic heterocycles. The van der Waals surface area contributed by atoms with Gasteiger partial charge in [-0.05, 0) is 37.1 Å². The van der Waals surface area contributed by atoms with Crippen LogP contribution in [-0.2, 0) is 14.3 Å². The lowest BCUT2D eigenvalue weighted by atomic mass is 10.1. The Morgan fingerprint density at radius 2 is 1.77 bits per heavy atom. The molecule has 5 heteroatoms. The third-order valence-electron chi connectivity index (χ3n) is 3.85. The zero-order valence-electron chi connectivity index (χ0n) is 12.8. The van der Waals surface area contributed by atoms with Gasteiger partial charge in [0.1, 0.15) is 0 Å². The van der Waals surface area contributed by atoms with Crippen molar-refractivity contribution in [1.82, 2.24) is 0 Å². The molecule has 0 spiro atoms. The third-order valence-corrected chi connectivity index (χ3v) is 3.85. The molecule has 0 bridgehead atoms. The monoisotopic (exact) mass is 303 g/mol. The molecule has 118 valence electrons. The topological polar surface area (TPSA) is 72.5 Å². The lowest BCUT2D eigenvalue weighted by molar-refractivity contribution is -0.147. The average Bonchev–Trinajstić information content (AvgIpc) is 3.07. The second-order valence-electron chi connectivity index (χ2n) is 5.49. The van der Waals surface area contributed by atoms with Crippen LogP contribution in [0.2, 0.25) is 0 Å². The highest BCUT2D eigenvalue weighted by atomic mass is 16.5. The number of ether oxygens (including phenoxy) is 1. The second kappa shape index (κ2) is 7.73. The molecule has 1 fully saturated rings. The summed E-state index contributed by atoms with van der Waals surface area (Å²) >= 11 is 0. The van der Waals surface area contributed by atoms with E-state index in [0.29, 0.717) is 17.7 Å². The molecule has 1 aliphatic rings. The number of amides is 1. The molecule has 2 rings (SSSR count). The Balaban J connectivity index is 1.84. The molecule has 1 aliphatic carbocycles. The molecule has 0 saturated heterocycles. The molecule has 5 nitrogen and oxygen atoms in total. The lowest BCUT2D eigenvalue weighted by Gasteiger charge is -2.09. The van der Waals surface area contributed by atoms with Crippen LogP contribution in [0.5, 0.6) is 0 Å². The standard InChI is InChI=1S/C17H21NO4/c1-2-16(20)18-14-9-7-12(8-10-14)15(19)11-22-17(21)13-5-3-4-6-13/h7-10,13H,2-6,11H2,1H3,(H,18,20). The number of anilines is 1. The Kier molecular flexibility index (Phi) is 5.69. The van der Waals surface area contributed by atoms with Crippen LogP contribution in [0.3, 0.4) is 0 Å². The van der Waals surface area contributed by atoms with Crippen molar-refractivity contribution in [1.29, 1.82) is 0 Å². The van der Waals surface area contributed by atoms with E-state index >= 15 is 0 Å². The number of rotatable bonds is 6. The van der Waals surface area contributed by atoms with Gasteiger partial charge < -0.3 is 10.1 Å². The molecule has 1 amide bonds. The van der Waals surface area contributed by atoms with Gasteiger partial charge in [-0.2, -0.15) is 0 Å². The van der Waals surface area contributed by atoms with Crippen molar-refractivity contribution in [3.63, 3.8) is 0 Å². The quantitative estimate of drug-likeness (QED) is 0.648. The van der Waals surface area contributed by atoms with Crippen molar-refractivity contribution in [3.8, 4) is 0 Å². The molecule has 1 aromatic rings. The summed E-state index contributed by atoms with van der Waals surface area (Å²) in [6.07, 6.45) is 4.23. The molecule has 0 heterocycles. The van der Waals surface area contributed by atoms with Gasteiger partial charge in [-0.25, -0.2) is 0 Å². The highest BCUT2D eigenvalue weighted by Crippen LogP contribution is 2.25. The fraction of sp³-hybridized carbons (Fsp3) is 0.471. The molecule has 0 aliphatic heterocycles. The maximum atomic E-state index is 12.0. The molecule has 0 radical (unpaired) electrons. The Bertz CT molecular complexity index is 544. The summed E-state index contributed by atoms with van der Waals surface area (Å²) < 4.78 is 5.10. The van der Waals surface area contributed by atoms with Crippen molar-refractivity contribution < 1.29 is 19.1 Å². The van der Waals surface area contributed by atoms with Gasteiger partial charge in [0.05, 0.1) is 5.92 Å². The molecule has 22 heavy (non-hydrogen) atoms. The SMILES string of the molecule is CCC(=O)Nc1ccc(C(=O)COC(=O)C2CCCC2)cc1. The molecule has 0 atom stereocenters. The van der Waals surface area contributed by atoms with Crippen LogP contribution >= 0.6 is 0 Å². The van der Waals surface area contributed by atoms with E-state index in [2.05, 4.69) is 5.32 Å². The van der Waals surface area contributed by atoms with Gasteiger partial charge in [0.2, 0.25) is 5.91 Å². The van der Waals surface area contributed by atoms with E-state index in [-0.39, 0.29) is 30.2 Å². The van der Waals surface area contributed by atoms with Gasteiger partial charge >= 0.3 is 5.97 Å².